The molecule has 0 radical (unpaired) electrons. The Hall–Kier alpha value is -1.47. The van der Waals surface area contributed by atoms with Crippen LogP contribution in [0, 0.1) is 0 Å². The highest BCUT2D eigenvalue weighted by Gasteiger charge is 2.38. The summed E-state index contributed by atoms with van der Waals surface area (Å²) in [6.45, 7) is -0.286. The fourth-order valence-electron chi connectivity index (χ4n) is 1.89. The summed E-state index contributed by atoms with van der Waals surface area (Å²) >= 11 is 0. The number of aliphatic hydroxyl groups is 1. The number of benzene rings is 1. The van der Waals surface area contributed by atoms with E-state index in [-0.39, 0.29) is 19.6 Å². The van der Waals surface area contributed by atoms with Crippen LogP contribution in [0.2, 0.25) is 0 Å². The van der Waals surface area contributed by atoms with Crippen molar-refractivity contribution < 1.29 is 22.2 Å². The van der Waals surface area contributed by atoms with Gasteiger partial charge in [-0.2, -0.15) is 8.42 Å². The minimum absolute atomic E-state index is 0.115. The quantitative estimate of drug-likeness (QED) is 0.818. The molecular weight excluding hydrogens is 261 g/mol. The fourth-order valence-corrected chi connectivity index (χ4v) is 2.56. The zero-order valence-corrected chi connectivity index (χ0v) is 10.2. The molecule has 1 fully saturated rings. The Bertz CT molecular complexity index is 555. The first-order valence-electron chi connectivity index (χ1n) is 5.35. The van der Waals surface area contributed by atoms with Gasteiger partial charge < -0.3 is 10.0 Å². The Morgan fingerprint density at radius 2 is 1.94 bits per heavy atom. The van der Waals surface area contributed by atoms with Crippen molar-refractivity contribution in [1.82, 2.24) is 0 Å². The van der Waals surface area contributed by atoms with Gasteiger partial charge in [0.1, 0.15) is 5.25 Å². The first kappa shape index (κ1) is 13.0. The Kier molecular flexibility index (Phi) is 3.36. The van der Waals surface area contributed by atoms with Gasteiger partial charge in [-0.05, 0) is 17.7 Å². The monoisotopic (exact) mass is 273 g/mol. The van der Waals surface area contributed by atoms with Gasteiger partial charge in [-0.1, -0.05) is 12.1 Å². The molecule has 0 aliphatic carbocycles. The van der Waals surface area contributed by atoms with Gasteiger partial charge in [0.15, 0.2) is 0 Å². The molecule has 0 aromatic heterocycles. The number of halogens is 1. The molecule has 1 saturated heterocycles. The summed E-state index contributed by atoms with van der Waals surface area (Å²) in [6.07, 6.45) is -0.333. The van der Waals surface area contributed by atoms with Crippen LogP contribution in [0.5, 0.6) is 0 Å². The Labute approximate surface area is 104 Å². The van der Waals surface area contributed by atoms with E-state index in [1.807, 2.05) is 0 Å². The Morgan fingerprint density at radius 3 is 2.39 bits per heavy atom. The summed E-state index contributed by atoms with van der Waals surface area (Å²) in [5, 5.41) is 7.60. The van der Waals surface area contributed by atoms with Gasteiger partial charge >= 0.3 is 10.2 Å². The largest absolute Gasteiger partial charge is 0.392 e. The van der Waals surface area contributed by atoms with E-state index in [2.05, 4.69) is 0 Å². The number of amides is 1. The van der Waals surface area contributed by atoms with Gasteiger partial charge in [-0.15, -0.1) is 3.89 Å². The van der Waals surface area contributed by atoms with E-state index >= 15 is 0 Å². The normalized spacial score (nSPS) is 20.4. The minimum atomic E-state index is -4.69. The van der Waals surface area contributed by atoms with E-state index in [0.29, 0.717) is 11.3 Å². The summed E-state index contributed by atoms with van der Waals surface area (Å²) in [4.78, 5) is 12.9. The van der Waals surface area contributed by atoms with E-state index in [9.17, 15) is 17.1 Å². The highest BCUT2D eigenvalue weighted by molar-refractivity contribution is 7.87. The van der Waals surface area contributed by atoms with E-state index in [1.54, 1.807) is 24.3 Å². The molecule has 0 bridgehead atoms. The first-order chi connectivity index (χ1) is 8.41. The van der Waals surface area contributed by atoms with Crippen LogP contribution in [0.1, 0.15) is 12.0 Å². The lowest BCUT2D eigenvalue weighted by Crippen LogP contribution is -2.26. The summed E-state index contributed by atoms with van der Waals surface area (Å²) in [6, 6.07) is 6.44. The fraction of sp³-hybridized carbons (Fsp3) is 0.364. The summed E-state index contributed by atoms with van der Waals surface area (Å²) in [7, 11) is -4.69. The number of aliphatic hydroxyl groups excluding tert-OH is 1. The molecule has 1 unspecified atom stereocenters. The van der Waals surface area contributed by atoms with E-state index in [0.717, 1.165) is 0 Å². The lowest BCUT2D eigenvalue weighted by Gasteiger charge is -2.16. The minimum Gasteiger partial charge on any atom is -0.392 e. The molecule has 1 amide bonds. The number of hydrogen-bond donors (Lipinski definition) is 1. The van der Waals surface area contributed by atoms with Crippen LogP contribution in [0.3, 0.4) is 0 Å². The predicted octanol–water partition coefficient (Wildman–Crippen LogP) is 0.584. The molecular formula is C11H12FNO4S. The van der Waals surface area contributed by atoms with Crippen LogP contribution in [-0.4, -0.2) is 31.2 Å². The molecule has 1 aromatic carbocycles. The summed E-state index contributed by atoms with van der Waals surface area (Å²) in [5.74, 6) is -0.419. The highest BCUT2D eigenvalue weighted by Crippen LogP contribution is 2.26. The summed E-state index contributed by atoms with van der Waals surface area (Å²) < 4.78 is 34.4. The standard InChI is InChI=1S/C11H12FNO4S/c12-18(16,17)10-5-11(15)13(6-10)9-3-1-8(7-14)2-4-9/h1-4,10,14H,5-7H2. The van der Waals surface area contributed by atoms with E-state index < -0.39 is 21.4 Å². The molecule has 5 nitrogen and oxygen atoms in total. The van der Waals surface area contributed by atoms with Gasteiger partial charge in [0, 0.05) is 18.7 Å². The average molecular weight is 273 g/mol. The van der Waals surface area contributed by atoms with E-state index in [4.69, 9.17) is 5.11 Å². The molecule has 1 heterocycles. The van der Waals surface area contributed by atoms with Gasteiger partial charge in [0.25, 0.3) is 0 Å². The van der Waals surface area contributed by atoms with Crippen LogP contribution >= 0.6 is 0 Å². The molecule has 0 spiro atoms. The third kappa shape index (κ3) is 2.51. The maximum absolute atomic E-state index is 12.8. The predicted molar refractivity (Wildman–Crippen MR) is 63.2 cm³/mol. The number of carbonyl (C=O) groups excluding carboxylic acids is 1. The van der Waals surface area contributed by atoms with Crippen LogP contribution in [-0.2, 0) is 21.6 Å². The summed E-state index contributed by atoms with van der Waals surface area (Å²) in [5.41, 5.74) is 1.18. The molecule has 2 rings (SSSR count). The van der Waals surface area contributed by atoms with Crippen molar-refractivity contribution in [1.29, 1.82) is 0 Å². The number of rotatable bonds is 3. The lowest BCUT2D eigenvalue weighted by molar-refractivity contribution is -0.117. The lowest BCUT2D eigenvalue weighted by atomic mass is 10.2. The second-order valence-electron chi connectivity index (χ2n) is 4.13. The van der Waals surface area contributed by atoms with E-state index in [1.165, 1.54) is 4.90 Å². The number of nitrogens with zero attached hydrogens (tertiary/aromatic N) is 1. The third-order valence-corrected chi connectivity index (χ3v) is 4.03. The molecule has 1 atom stereocenters. The van der Waals surface area contributed by atoms with Gasteiger partial charge in [-0.3, -0.25) is 4.79 Å². The SMILES string of the molecule is O=C1CC(S(=O)(=O)F)CN1c1ccc(CO)cc1. The molecule has 1 aliphatic heterocycles. The Morgan fingerprint density at radius 1 is 1.33 bits per heavy atom. The van der Waals surface area contributed by atoms with Crippen LogP contribution < -0.4 is 4.90 Å². The number of hydrogen-bond acceptors (Lipinski definition) is 4. The van der Waals surface area contributed by atoms with Crippen molar-refractivity contribution in [2.24, 2.45) is 0 Å². The maximum Gasteiger partial charge on any atom is 0.307 e. The molecule has 98 valence electrons. The molecule has 18 heavy (non-hydrogen) atoms. The van der Waals surface area contributed by atoms with Gasteiger partial charge in [0.05, 0.1) is 6.61 Å². The molecule has 0 saturated carbocycles. The van der Waals surface area contributed by atoms with Crippen molar-refractivity contribution in [3.05, 3.63) is 29.8 Å². The zero-order chi connectivity index (χ0) is 13.3. The van der Waals surface area contributed by atoms with Crippen molar-refractivity contribution in [2.45, 2.75) is 18.3 Å². The van der Waals surface area contributed by atoms with Gasteiger partial charge in [-0.25, -0.2) is 0 Å². The zero-order valence-electron chi connectivity index (χ0n) is 9.41. The molecule has 1 N–H and O–H groups in total. The topological polar surface area (TPSA) is 74.7 Å². The third-order valence-electron chi connectivity index (χ3n) is 2.92. The van der Waals surface area contributed by atoms with Crippen molar-refractivity contribution in [3.8, 4) is 0 Å². The Balaban J connectivity index is 2.21. The average Bonchev–Trinajstić information content (AvgIpc) is 2.71. The molecule has 1 aliphatic rings. The highest BCUT2D eigenvalue weighted by atomic mass is 32.3. The first-order valence-corrected chi connectivity index (χ1v) is 6.80. The second kappa shape index (κ2) is 4.66. The smallest absolute Gasteiger partial charge is 0.307 e. The van der Waals surface area contributed by atoms with Gasteiger partial charge in [0.2, 0.25) is 5.91 Å². The number of carbonyl (C=O) groups is 1. The van der Waals surface area contributed by atoms with Crippen molar-refractivity contribution in [2.75, 3.05) is 11.4 Å². The van der Waals surface area contributed by atoms with Crippen LogP contribution in [0.25, 0.3) is 0 Å². The molecule has 7 heteroatoms. The van der Waals surface area contributed by atoms with Crippen molar-refractivity contribution >= 4 is 21.8 Å². The maximum atomic E-state index is 12.8. The van der Waals surface area contributed by atoms with Crippen molar-refractivity contribution in [3.63, 3.8) is 0 Å². The van der Waals surface area contributed by atoms with Crippen LogP contribution in [0.4, 0.5) is 9.57 Å². The molecule has 1 aromatic rings. The number of anilines is 1. The second-order valence-corrected chi connectivity index (χ2v) is 5.75. The van der Waals surface area contributed by atoms with Crippen LogP contribution in [0.15, 0.2) is 24.3 Å².